The molecular formula is C16H18N2O5S. The lowest BCUT2D eigenvalue weighted by atomic mass is 10.0. The maximum atomic E-state index is 12.1. The number of esters is 1. The molecular weight excluding hydrogens is 332 g/mol. The molecule has 1 aromatic rings. The summed E-state index contributed by atoms with van der Waals surface area (Å²) in [5.41, 5.74) is 0.779. The van der Waals surface area contributed by atoms with Crippen LogP contribution in [0, 0.1) is 29.6 Å². The zero-order valence-corrected chi connectivity index (χ0v) is 14.2. The zero-order valence-electron chi connectivity index (χ0n) is 13.4. The number of nitriles is 1. The highest BCUT2D eigenvalue weighted by Gasteiger charge is 2.22. The molecule has 1 rings (SSSR count). The van der Waals surface area contributed by atoms with Gasteiger partial charge in [0.2, 0.25) is 0 Å². The van der Waals surface area contributed by atoms with Crippen LogP contribution in [0.25, 0.3) is 0 Å². The van der Waals surface area contributed by atoms with Crippen LogP contribution in [0.5, 0.6) is 0 Å². The first kappa shape index (κ1) is 19.5. The molecule has 0 aliphatic carbocycles. The van der Waals surface area contributed by atoms with Crippen molar-refractivity contribution in [2.75, 3.05) is 12.4 Å². The van der Waals surface area contributed by atoms with Crippen molar-refractivity contribution >= 4 is 27.3 Å². The highest BCUT2D eigenvalue weighted by Crippen LogP contribution is 2.13. The lowest BCUT2D eigenvalue weighted by Crippen LogP contribution is -2.26. The van der Waals surface area contributed by atoms with Crippen LogP contribution in [0.15, 0.2) is 29.2 Å². The standard InChI is InChI=1S/C16H18N2O5S/c1-11-3-5-13(6-4-11)24(21,22)8-7-16(20)23-10-15(19)14(9-17)12(2)18/h3-6,14,18H,7-8,10H2,1-2H3/t14-/m1/s1. The van der Waals surface area contributed by atoms with Gasteiger partial charge in [-0.2, -0.15) is 5.26 Å². The topological polar surface area (TPSA) is 125 Å². The third-order valence-corrected chi connectivity index (χ3v) is 4.95. The van der Waals surface area contributed by atoms with Crippen molar-refractivity contribution in [3.8, 4) is 6.07 Å². The van der Waals surface area contributed by atoms with Gasteiger partial charge in [-0.3, -0.25) is 9.59 Å². The molecule has 0 saturated carbocycles. The maximum Gasteiger partial charge on any atom is 0.307 e. The van der Waals surface area contributed by atoms with Crippen molar-refractivity contribution in [2.24, 2.45) is 5.92 Å². The number of hydrogen-bond acceptors (Lipinski definition) is 7. The Bertz CT molecular complexity index is 776. The van der Waals surface area contributed by atoms with Crippen molar-refractivity contribution in [3.63, 3.8) is 0 Å². The fourth-order valence-electron chi connectivity index (χ4n) is 1.80. The Morgan fingerprint density at radius 2 is 1.88 bits per heavy atom. The second-order valence-corrected chi connectivity index (χ2v) is 7.36. The molecule has 24 heavy (non-hydrogen) atoms. The van der Waals surface area contributed by atoms with Crippen LogP contribution in [0.3, 0.4) is 0 Å². The molecule has 0 saturated heterocycles. The lowest BCUT2D eigenvalue weighted by molar-refractivity contribution is -0.147. The normalized spacial score (nSPS) is 12.0. The summed E-state index contributed by atoms with van der Waals surface area (Å²) in [4.78, 5) is 23.3. The predicted octanol–water partition coefficient (Wildman–Crippen LogP) is 1.45. The maximum absolute atomic E-state index is 12.1. The lowest BCUT2D eigenvalue weighted by Gasteiger charge is -2.08. The number of sulfone groups is 1. The van der Waals surface area contributed by atoms with Crippen molar-refractivity contribution in [3.05, 3.63) is 29.8 Å². The smallest absolute Gasteiger partial charge is 0.307 e. The monoisotopic (exact) mass is 350 g/mol. The van der Waals surface area contributed by atoms with Gasteiger partial charge in [-0.05, 0) is 26.0 Å². The van der Waals surface area contributed by atoms with Gasteiger partial charge in [0.25, 0.3) is 0 Å². The molecule has 1 aromatic carbocycles. The van der Waals surface area contributed by atoms with E-state index in [1.165, 1.54) is 19.1 Å². The van der Waals surface area contributed by atoms with Crippen molar-refractivity contribution in [1.29, 1.82) is 10.7 Å². The van der Waals surface area contributed by atoms with Gasteiger partial charge in [0.1, 0.15) is 5.92 Å². The molecule has 0 heterocycles. The molecule has 0 aromatic heterocycles. The Labute approximate surface area is 140 Å². The number of hydrogen-bond donors (Lipinski definition) is 1. The molecule has 0 amide bonds. The van der Waals surface area contributed by atoms with Gasteiger partial charge in [-0.25, -0.2) is 8.42 Å². The molecule has 0 spiro atoms. The van der Waals surface area contributed by atoms with Gasteiger partial charge >= 0.3 is 5.97 Å². The molecule has 8 heteroatoms. The third kappa shape index (κ3) is 5.59. The van der Waals surface area contributed by atoms with E-state index in [2.05, 4.69) is 4.74 Å². The molecule has 0 radical (unpaired) electrons. The van der Waals surface area contributed by atoms with E-state index in [0.717, 1.165) is 5.56 Å². The molecule has 0 bridgehead atoms. The minimum absolute atomic E-state index is 0.112. The number of aryl methyl sites for hydroxylation is 1. The second kappa shape index (κ2) is 8.36. The Morgan fingerprint density at radius 1 is 1.29 bits per heavy atom. The van der Waals surface area contributed by atoms with E-state index in [9.17, 15) is 18.0 Å². The molecule has 0 fully saturated rings. The number of ketones is 1. The van der Waals surface area contributed by atoms with Crippen LogP contribution in [0.1, 0.15) is 18.9 Å². The second-order valence-electron chi connectivity index (χ2n) is 5.25. The van der Waals surface area contributed by atoms with E-state index in [0.29, 0.717) is 0 Å². The van der Waals surface area contributed by atoms with Crippen molar-refractivity contribution < 1.29 is 22.7 Å². The van der Waals surface area contributed by atoms with Crippen LogP contribution in [0.2, 0.25) is 0 Å². The van der Waals surface area contributed by atoms with Gasteiger partial charge in [-0.15, -0.1) is 0 Å². The number of Topliss-reactive ketones (excluding diaryl/α,β-unsaturated/α-hetero) is 1. The summed E-state index contributed by atoms with van der Waals surface area (Å²) in [6.45, 7) is 2.48. The molecule has 1 N–H and O–H groups in total. The minimum Gasteiger partial charge on any atom is -0.458 e. The summed E-state index contributed by atoms with van der Waals surface area (Å²) < 4.78 is 28.9. The fraction of sp³-hybridized carbons (Fsp3) is 0.375. The van der Waals surface area contributed by atoms with Crippen molar-refractivity contribution in [1.82, 2.24) is 0 Å². The predicted molar refractivity (Wildman–Crippen MR) is 86.3 cm³/mol. The van der Waals surface area contributed by atoms with Gasteiger partial charge in [0, 0.05) is 5.71 Å². The summed E-state index contributed by atoms with van der Waals surface area (Å²) in [6, 6.07) is 7.89. The molecule has 128 valence electrons. The van der Waals surface area contributed by atoms with Crippen LogP contribution in [-0.4, -0.2) is 38.2 Å². The van der Waals surface area contributed by atoms with Gasteiger partial charge in [0.05, 0.1) is 23.1 Å². The van der Waals surface area contributed by atoms with E-state index in [-0.39, 0.29) is 10.6 Å². The largest absolute Gasteiger partial charge is 0.458 e. The van der Waals surface area contributed by atoms with Crippen LogP contribution in [-0.2, 0) is 24.2 Å². The number of benzene rings is 1. The zero-order chi connectivity index (χ0) is 18.3. The highest BCUT2D eigenvalue weighted by atomic mass is 32.2. The van der Waals surface area contributed by atoms with E-state index >= 15 is 0 Å². The number of carbonyl (C=O) groups is 2. The van der Waals surface area contributed by atoms with E-state index in [1.54, 1.807) is 18.2 Å². The quantitative estimate of drug-likeness (QED) is 0.559. The van der Waals surface area contributed by atoms with E-state index in [1.807, 2.05) is 6.92 Å². The Hall–Kier alpha value is -2.53. The third-order valence-electron chi connectivity index (χ3n) is 3.21. The van der Waals surface area contributed by atoms with E-state index < -0.39 is 46.3 Å². The van der Waals surface area contributed by atoms with Gasteiger partial charge < -0.3 is 10.1 Å². The molecule has 0 aliphatic heterocycles. The molecule has 7 nitrogen and oxygen atoms in total. The number of nitrogens with one attached hydrogen (secondary N) is 1. The first-order chi connectivity index (χ1) is 11.2. The first-order valence-corrected chi connectivity index (χ1v) is 8.75. The minimum atomic E-state index is -3.62. The summed E-state index contributed by atoms with van der Waals surface area (Å²) in [6.07, 6.45) is -0.399. The SMILES string of the molecule is CC(=N)[C@@H](C#N)C(=O)COC(=O)CCS(=O)(=O)c1ccc(C)cc1. The van der Waals surface area contributed by atoms with Gasteiger partial charge in [-0.1, -0.05) is 17.7 Å². The number of rotatable bonds is 8. The number of nitrogens with zero attached hydrogens (tertiary/aromatic N) is 1. The Kier molecular flexibility index (Phi) is 6.80. The summed E-state index contributed by atoms with van der Waals surface area (Å²) in [7, 11) is -3.62. The van der Waals surface area contributed by atoms with Crippen LogP contribution >= 0.6 is 0 Å². The summed E-state index contributed by atoms with van der Waals surface area (Å²) >= 11 is 0. The summed E-state index contributed by atoms with van der Waals surface area (Å²) in [5, 5.41) is 16.0. The first-order valence-electron chi connectivity index (χ1n) is 7.10. The Balaban J connectivity index is 2.54. The number of ether oxygens (including phenoxy) is 1. The summed E-state index contributed by atoms with van der Waals surface area (Å²) in [5.74, 6) is -3.25. The highest BCUT2D eigenvalue weighted by molar-refractivity contribution is 7.91. The van der Waals surface area contributed by atoms with Crippen molar-refractivity contribution in [2.45, 2.75) is 25.2 Å². The average molecular weight is 350 g/mol. The van der Waals surface area contributed by atoms with Gasteiger partial charge in [0.15, 0.2) is 22.2 Å². The van der Waals surface area contributed by atoms with Crippen LogP contribution < -0.4 is 0 Å². The molecule has 1 atom stereocenters. The molecule has 0 unspecified atom stereocenters. The van der Waals surface area contributed by atoms with Crippen LogP contribution in [0.4, 0.5) is 0 Å². The Morgan fingerprint density at radius 3 is 2.38 bits per heavy atom. The fourth-order valence-corrected chi connectivity index (χ4v) is 3.02. The molecule has 0 aliphatic rings. The van der Waals surface area contributed by atoms with E-state index in [4.69, 9.17) is 10.7 Å². The number of carbonyl (C=O) groups excluding carboxylic acids is 2. The average Bonchev–Trinajstić information content (AvgIpc) is 2.51.